The predicted molar refractivity (Wildman–Crippen MR) is 77.6 cm³/mol. The van der Waals surface area contributed by atoms with Gasteiger partial charge in [-0.1, -0.05) is 23.2 Å². The van der Waals surface area contributed by atoms with E-state index in [0.717, 1.165) is 16.7 Å². The fourth-order valence-corrected chi connectivity index (χ4v) is 2.34. The van der Waals surface area contributed by atoms with Crippen molar-refractivity contribution in [3.63, 3.8) is 0 Å². The molecule has 0 atom stereocenters. The molecular weight excluding hydrogens is 269 g/mol. The number of fused-ring (bicyclic) bond motifs is 1. The molecule has 1 aromatic carbocycles. The van der Waals surface area contributed by atoms with Gasteiger partial charge in [-0.25, -0.2) is 0 Å². The van der Waals surface area contributed by atoms with Crippen molar-refractivity contribution in [1.29, 1.82) is 0 Å². The Hall–Kier alpha value is -0.700. The van der Waals surface area contributed by atoms with Gasteiger partial charge < -0.3 is 9.73 Å². The number of hydrogen-bond donors (Lipinski definition) is 1. The van der Waals surface area contributed by atoms with Crippen LogP contribution in [0.25, 0.3) is 11.0 Å². The molecule has 0 radical (unpaired) electrons. The largest absolute Gasteiger partial charge is 0.458 e. The van der Waals surface area contributed by atoms with Crippen LogP contribution in [-0.4, -0.2) is 5.54 Å². The van der Waals surface area contributed by atoms with Gasteiger partial charge in [0.1, 0.15) is 5.76 Å². The Labute approximate surface area is 117 Å². The van der Waals surface area contributed by atoms with Gasteiger partial charge in [0.25, 0.3) is 0 Å². The van der Waals surface area contributed by atoms with Gasteiger partial charge in [0.05, 0.1) is 11.6 Å². The fourth-order valence-electron chi connectivity index (χ4n) is 1.81. The van der Waals surface area contributed by atoms with Crippen LogP contribution in [0.2, 0.25) is 10.0 Å². The smallest absolute Gasteiger partial charge is 0.153 e. The first-order valence-corrected chi connectivity index (χ1v) is 6.65. The van der Waals surface area contributed by atoms with E-state index < -0.39 is 0 Å². The second-order valence-electron chi connectivity index (χ2n) is 5.52. The number of halogens is 2. The zero-order chi connectivity index (χ0) is 13.5. The van der Waals surface area contributed by atoms with E-state index in [0.29, 0.717) is 22.2 Å². The molecule has 18 heavy (non-hydrogen) atoms. The molecule has 0 fully saturated rings. The maximum atomic E-state index is 6.14. The standard InChI is InChI=1S/C14H17Cl2NO/c1-8-10-5-9(15)6-11(16)13(10)18-12(8)7-17-14(2,3)4/h5-6,17H,7H2,1-4H3. The van der Waals surface area contributed by atoms with E-state index in [1.807, 2.05) is 13.0 Å². The molecule has 2 nitrogen and oxygen atoms in total. The van der Waals surface area contributed by atoms with Gasteiger partial charge in [0.2, 0.25) is 0 Å². The van der Waals surface area contributed by atoms with E-state index >= 15 is 0 Å². The monoisotopic (exact) mass is 285 g/mol. The van der Waals surface area contributed by atoms with Gasteiger partial charge in [-0.2, -0.15) is 0 Å². The highest BCUT2D eigenvalue weighted by molar-refractivity contribution is 6.38. The highest BCUT2D eigenvalue weighted by Gasteiger charge is 2.16. The van der Waals surface area contributed by atoms with E-state index in [9.17, 15) is 0 Å². The van der Waals surface area contributed by atoms with Crippen molar-refractivity contribution in [1.82, 2.24) is 5.32 Å². The average molecular weight is 286 g/mol. The molecule has 0 saturated heterocycles. The molecule has 1 heterocycles. The van der Waals surface area contributed by atoms with Crippen LogP contribution >= 0.6 is 23.2 Å². The van der Waals surface area contributed by atoms with E-state index in [1.165, 1.54) is 0 Å². The lowest BCUT2D eigenvalue weighted by Crippen LogP contribution is -2.35. The van der Waals surface area contributed by atoms with Crippen molar-refractivity contribution in [2.45, 2.75) is 39.8 Å². The first-order chi connectivity index (χ1) is 8.28. The summed E-state index contributed by atoms with van der Waals surface area (Å²) in [6.07, 6.45) is 0. The molecule has 1 aromatic heterocycles. The number of rotatable bonds is 2. The van der Waals surface area contributed by atoms with Gasteiger partial charge in [-0.3, -0.25) is 0 Å². The van der Waals surface area contributed by atoms with Crippen molar-refractivity contribution in [3.8, 4) is 0 Å². The van der Waals surface area contributed by atoms with E-state index in [4.69, 9.17) is 27.6 Å². The van der Waals surface area contributed by atoms with Crippen molar-refractivity contribution in [2.24, 2.45) is 0 Å². The molecule has 0 saturated carbocycles. The second kappa shape index (κ2) is 4.76. The normalized spacial score (nSPS) is 12.3. The van der Waals surface area contributed by atoms with E-state index in [-0.39, 0.29) is 5.54 Å². The van der Waals surface area contributed by atoms with Gasteiger partial charge in [-0.05, 0) is 45.4 Å². The predicted octanol–water partition coefficient (Wildman–Crippen LogP) is 4.94. The first kappa shape index (κ1) is 13.7. The minimum absolute atomic E-state index is 0.0485. The summed E-state index contributed by atoms with van der Waals surface area (Å²) in [6.45, 7) is 9.06. The minimum atomic E-state index is 0.0485. The third-order valence-electron chi connectivity index (χ3n) is 2.84. The van der Waals surface area contributed by atoms with Gasteiger partial charge in [-0.15, -0.1) is 0 Å². The molecule has 98 valence electrons. The highest BCUT2D eigenvalue weighted by atomic mass is 35.5. The lowest BCUT2D eigenvalue weighted by atomic mass is 10.1. The van der Waals surface area contributed by atoms with Crippen molar-refractivity contribution >= 4 is 34.2 Å². The highest BCUT2D eigenvalue weighted by Crippen LogP contribution is 2.33. The molecule has 0 spiro atoms. The third-order valence-corrected chi connectivity index (χ3v) is 3.33. The first-order valence-electron chi connectivity index (χ1n) is 5.90. The minimum Gasteiger partial charge on any atom is -0.458 e. The van der Waals surface area contributed by atoms with Crippen molar-refractivity contribution in [3.05, 3.63) is 33.5 Å². The lowest BCUT2D eigenvalue weighted by molar-refractivity contribution is 0.394. The van der Waals surface area contributed by atoms with Crippen molar-refractivity contribution < 1.29 is 4.42 Å². The summed E-state index contributed by atoms with van der Waals surface area (Å²) in [6, 6.07) is 3.59. The van der Waals surface area contributed by atoms with Gasteiger partial charge >= 0.3 is 0 Å². The molecule has 0 bridgehead atoms. The van der Waals surface area contributed by atoms with Crippen LogP contribution in [0.15, 0.2) is 16.5 Å². The Morgan fingerprint density at radius 3 is 2.50 bits per heavy atom. The molecule has 0 aliphatic heterocycles. The van der Waals surface area contributed by atoms with Crippen LogP contribution in [-0.2, 0) is 6.54 Å². The molecular formula is C14H17Cl2NO. The summed E-state index contributed by atoms with van der Waals surface area (Å²) in [7, 11) is 0. The summed E-state index contributed by atoms with van der Waals surface area (Å²) < 4.78 is 5.83. The molecule has 0 aliphatic carbocycles. The average Bonchev–Trinajstić information content (AvgIpc) is 2.53. The molecule has 4 heteroatoms. The zero-order valence-corrected chi connectivity index (χ0v) is 12.5. The number of nitrogens with one attached hydrogen (secondary N) is 1. The van der Waals surface area contributed by atoms with Gasteiger partial charge in [0.15, 0.2) is 5.58 Å². The van der Waals surface area contributed by atoms with Gasteiger partial charge in [0, 0.05) is 15.9 Å². The Morgan fingerprint density at radius 2 is 1.89 bits per heavy atom. The maximum Gasteiger partial charge on any atom is 0.153 e. The number of aryl methyl sites for hydroxylation is 1. The maximum absolute atomic E-state index is 6.14. The number of benzene rings is 1. The lowest BCUT2D eigenvalue weighted by Gasteiger charge is -2.19. The van der Waals surface area contributed by atoms with Crippen LogP contribution in [0.3, 0.4) is 0 Å². The van der Waals surface area contributed by atoms with Crippen LogP contribution in [0.5, 0.6) is 0 Å². The summed E-state index contributed by atoms with van der Waals surface area (Å²) in [5, 5.41) is 5.58. The quantitative estimate of drug-likeness (QED) is 0.846. The summed E-state index contributed by atoms with van der Waals surface area (Å²) >= 11 is 12.2. The third kappa shape index (κ3) is 2.82. The van der Waals surface area contributed by atoms with E-state index in [1.54, 1.807) is 6.07 Å². The summed E-state index contributed by atoms with van der Waals surface area (Å²) in [5.41, 5.74) is 1.85. The Bertz CT molecular complexity index is 581. The topological polar surface area (TPSA) is 25.2 Å². The second-order valence-corrected chi connectivity index (χ2v) is 6.36. The fraction of sp³-hybridized carbons (Fsp3) is 0.429. The molecule has 0 aliphatic rings. The van der Waals surface area contributed by atoms with Crippen LogP contribution in [0.1, 0.15) is 32.1 Å². The zero-order valence-electron chi connectivity index (χ0n) is 11.0. The molecule has 0 amide bonds. The SMILES string of the molecule is Cc1c(CNC(C)(C)C)oc2c(Cl)cc(Cl)cc12. The number of hydrogen-bond acceptors (Lipinski definition) is 2. The van der Waals surface area contributed by atoms with E-state index in [2.05, 4.69) is 26.1 Å². The van der Waals surface area contributed by atoms with Crippen molar-refractivity contribution in [2.75, 3.05) is 0 Å². The molecule has 1 N–H and O–H groups in total. The Kier molecular flexibility index (Phi) is 3.63. The Morgan fingerprint density at radius 1 is 1.22 bits per heavy atom. The molecule has 0 unspecified atom stereocenters. The summed E-state index contributed by atoms with van der Waals surface area (Å²) in [5.74, 6) is 0.907. The molecule has 2 aromatic rings. The van der Waals surface area contributed by atoms with Crippen LogP contribution < -0.4 is 5.32 Å². The number of furan rings is 1. The molecule has 2 rings (SSSR count). The van der Waals surface area contributed by atoms with Crippen LogP contribution in [0.4, 0.5) is 0 Å². The Balaban J connectivity index is 2.41. The van der Waals surface area contributed by atoms with Crippen LogP contribution in [0, 0.1) is 6.92 Å². The summed E-state index contributed by atoms with van der Waals surface area (Å²) in [4.78, 5) is 0.